The molecule has 3 rings (SSSR count). The van der Waals surface area contributed by atoms with Gasteiger partial charge in [0.05, 0.1) is 17.7 Å². The fraction of sp³-hybridized carbons (Fsp3) is 0.409. The predicted octanol–water partition coefficient (Wildman–Crippen LogP) is 1.59. The van der Waals surface area contributed by atoms with Crippen molar-refractivity contribution in [1.29, 1.82) is 0 Å². The van der Waals surface area contributed by atoms with Crippen LogP contribution in [0.3, 0.4) is 0 Å². The first-order chi connectivity index (χ1) is 15.2. The molecule has 1 fully saturated rings. The zero-order chi connectivity index (χ0) is 23.2. The Morgan fingerprint density at radius 2 is 1.56 bits per heavy atom. The summed E-state index contributed by atoms with van der Waals surface area (Å²) in [6.45, 7) is 1.30. The lowest BCUT2D eigenvalue weighted by Gasteiger charge is -2.19. The summed E-state index contributed by atoms with van der Waals surface area (Å²) in [5, 5.41) is 2.74. The molecule has 1 N–H and O–H groups in total. The molecule has 2 aromatic rings. The fourth-order valence-corrected chi connectivity index (χ4v) is 5.80. The van der Waals surface area contributed by atoms with Gasteiger partial charge in [-0.15, -0.1) is 0 Å². The van der Waals surface area contributed by atoms with Crippen molar-refractivity contribution in [3.8, 4) is 0 Å². The highest BCUT2D eigenvalue weighted by atomic mass is 32.2. The van der Waals surface area contributed by atoms with Gasteiger partial charge >= 0.3 is 0 Å². The summed E-state index contributed by atoms with van der Waals surface area (Å²) in [5.74, 6) is -0.389. The molecule has 2 aromatic carbocycles. The van der Waals surface area contributed by atoms with Crippen LogP contribution in [0.4, 0.5) is 0 Å². The first kappa shape index (κ1) is 24.4. The van der Waals surface area contributed by atoms with E-state index < -0.39 is 20.0 Å². The third kappa shape index (κ3) is 6.61. The lowest BCUT2D eigenvalue weighted by Crippen LogP contribution is -2.40. The molecule has 32 heavy (non-hydrogen) atoms. The highest BCUT2D eigenvalue weighted by Gasteiger charge is 2.27. The molecule has 0 aromatic heterocycles. The minimum atomic E-state index is -3.55. The SMILES string of the molecule is CS(=O)(=O)N(CC(=O)NCCc1ccc(S(=O)(=O)N2CCCC2)cc1)Cc1ccccc1. The van der Waals surface area contributed by atoms with Gasteiger partial charge in [-0.2, -0.15) is 8.61 Å². The van der Waals surface area contributed by atoms with E-state index in [4.69, 9.17) is 0 Å². The second-order valence-corrected chi connectivity index (χ2v) is 11.8. The smallest absolute Gasteiger partial charge is 0.243 e. The molecule has 0 spiro atoms. The first-order valence-corrected chi connectivity index (χ1v) is 13.8. The van der Waals surface area contributed by atoms with Crippen LogP contribution in [0.2, 0.25) is 0 Å². The molecule has 0 unspecified atom stereocenters. The largest absolute Gasteiger partial charge is 0.355 e. The maximum absolute atomic E-state index is 12.6. The fourth-order valence-electron chi connectivity index (χ4n) is 3.55. The van der Waals surface area contributed by atoms with Gasteiger partial charge < -0.3 is 5.32 Å². The molecule has 0 radical (unpaired) electrons. The molecule has 0 saturated carbocycles. The summed E-state index contributed by atoms with van der Waals surface area (Å²) in [6, 6.07) is 15.8. The van der Waals surface area contributed by atoms with Gasteiger partial charge in [0.25, 0.3) is 0 Å². The van der Waals surface area contributed by atoms with Crippen LogP contribution in [-0.2, 0) is 37.8 Å². The Bertz CT molecular complexity index is 1110. The summed E-state index contributed by atoms with van der Waals surface area (Å²) in [4.78, 5) is 12.6. The molecule has 1 aliphatic rings. The third-order valence-corrected chi connectivity index (χ3v) is 8.46. The van der Waals surface area contributed by atoms with E-state index >= 15 is 0 Å². The first-order valence-electron chi connectivity index (χ1n) is 10.5. The van der Waals surface area contributed by atoms with Crippen LogP contribution >= 0.6 is 0 Å². The number of benzene rings is 2. The second kappa shape index (κ2) is 10.6. The third-order valence-electron chi connectivity index (χ3n) is 5.35. The van der Waals surface area contributed by atoms with Gasteiger partial charge in [-0.05, 0) is 42.5 Å². The van der Waals surface area contributed by atoms with E-state index in [2.05, 4.69) is 5.32 Å². The van der Waals surface area contributed by atoms with Crippen molar-refractivity contribution >= 4 is 26.0 Å². The summed E-state index contributed by atoms with van der Waals surface area (Å²) in [7, 11) is -6.99. The Labute approximate surface area is 190 Å². The van der Waals surface area contributed by atoms with Gasteiger partial charge in [0.1, 0.15) is 0 Å². The van der Waals surface area contributed by atoms with Crippen molar-refractivity contribution in [3.63, 3.8) is 0 Å². The molecule has 1 saturated heterocycles. The molecular formula is C22H29N3O5S2. The summed E-state index contributed by atoms with van der Waals surface area (Å²) < 4.78 is 51.9. The second-order valence-electron chi connectivity index (χ2n) is 7.87. The maximum atomic E-state index is 12.6. The number of hydrogen-bond donors (Lipinski definition) is 1. The average molecular weight is 480 g/mol. The molecule has 0 atom stereocenters. The lowest BCUT2D eigenvalue weighted by atomic mass is 10.1. The summed E-state index contributed by atoms with van der Waals surface area (Å²) in [6.07, 6.45) is 3.37. The van der Waals surface area contributed by atoms with Gasteiger partial charge in [-0.3, -0.25) is 4.79 Å². The van der Waals surface area contributed by atoms with E-state index in [1.165, 1.54) is 4.31 Å². The number of rotatable bonds is 10. The highest BCUT2D eigenvalue weighted by Crippen LogP contribution is 2.21. The quantitative estimate of drug-likeness (QED) is 0.557. The van der Waals surface area contributed by atoms with Crippen molar-refractivity contribution in [2.45, 2.75) is 30.7 Å². The van der Waals surface area contributed by atoms with E-state index in [1.54, 1.807) is 24.3 Å². The van der Waals surface area contributed by atoms with E-state index in [9.17, 15) is 21.6 Å². The van der Waals surface area contributed by atoms with E-state index in [0.29, 0.717) is 26.1 Å². The van der Waals surface area contributed by atoms with E-state index in [-0.39, 0.29) is 23.9 Å². The number of sulfonamides is 2. The zero-order valence-electron chi connectivity index (χ0n) is 18.1. The van der Waals surface area contributed by atoms with Gasteiger partial charge in [0.15, 0.2) is 0 Å². The normalized spacial score (nSPS) is 15.2. The number of carbonyl (C=O) groups excluding carboxylic acids is 1. The number of nitrogens with one attached hydrogen (secondary N) is 1. The van der Waals surface area contributed by atoms with Gasteiger partial charge in [-0.1, -0.05) is 42.5 Å². The van der Waals surface area contributed by atoms with E-state index in [1.807, 2.05) is 30.3 Å². The van der Waals surface area contributed by atoms with Gasteiger partial charge in [-0.25, -0.2) is 16.8 Å². The Kier molecular flexibility index (Phi) is 8.05. The van der Waals surface area contributed by atoms with Crippen molar-refractivity contribution in [3.05, 3.63) is 65.7 Å². The van der Waals surface area contributed by atoms with Crippen LogP contribution < -0.4 is 5.32 Å². The molecule has 0 bridgehead atoms. The molecule has 8 nitrogen and oxygen atoms in total. The average Bonchev–Trinajstić information content (AvgIpc) is 3.30. The zero-order valence-corrected chi connectivity index (χ0v) is 19.7. The molecule has 1 heterocycles. The van der Waals surface area contributed by atoms with Crippen molar-refractivity contribution in [2.24, 2.45) is 0 Å². The van der Waals surface area contributed by atoms with Crippen LogP contribution in [0.15, 0.2) is 59.5 Å². The maximum Gasteiger partial charge on any atom is 0.243 e. The predicted molar refractivity (Wildman–Crippen MR) is 123 cm³/mol. The van der Waals surface area contributed by atoms with Crippen molar-refractivity contribution in [1.82, 2.24) is 13.9 Å². The topological polar surface area (TPSA) is 104 Å². The monoisotopic (exact) mass is 479 g/mol. The summed E-state index contributed by atoms with van der Waals surface area (Å²) in [5.41, 5.74) is 1.68. The van der Waals surface area contributed by atoms with E-state index in [0.717, 1.165) is 34.5 Å². The standard InChI is InChI=1S/C22H29N3O5S2/c1-31(27,28)25(17-20-7-3-2-4-8-20)18-22(26)23-14-13-19-9-11-21(12-10-19)32(29,30)24-15-5-6-16-24/h2-4,7-12H,5-6,13-18H2,1H3,(H,23,26). The summed E-state index contributed by atoms with van der Waals surface area (Å²) >= 11 is 0. The number of hydrogen-bond acceptors (Lipinski definition) is 5. The number of amides is 1. The van der Waals surface area contributed by atoms with Crippen molar-refractivity contribution < 1.29 is 21.6 Å². The Morgan fingerprint density at radius 1 is 0.938 bits per heavy atom. The molecule has 1 amide bonds. The van der Waals surface area contributed by atoms with Gasteiger partial charge in [0, 0.05) is 26.2 Å². The van der Waals surface area contributed by atoms with Crippen LogP contribution in [0, 0.1) is 0 Å². The van der Waals surface area contributed by atoms with Crippen LogP contribution in [0.25, 0.3) is 0 Å². The molecule has 1 aliphatic heterocycles. The molecule has 0 aliphatic carbocycles. The lowest BCUT2D eigenvalue weighted by molar-refractivity contribution is -0.121. The minimum absolute atomic E-state index is 0.125. The van der Waals surface area contributed by atoms with Crippen LogP contribution in [0.1, 0.15) is 24.0 Å². The Hall–Kier alpha value is -2.27. The molecular weight excluding hydrogens is 450 g/mol. The molecule has 174 valence electrons. The number of carbonyl (C=O) groups is 1. The van der Waals surface area contributed by atoms with Crippen LogP contribution in [0.5, 0.6) is 0 Å². The Balaban J connectivity index is 1.51. The van der Waals surface area contributed by atoms with Gasteiger partial charge in [0.2, 0.25) is 26.0 Å². The van der Waals surface area contributed by atoms with Crippen LogP contribution in [-0.4, -0.2) is 63.8 Å². The highest BCUT2D eigenvalue weighted by molar-refractivity contribution is 7.89. The van der Waals surface area contributed by atoms with Crippen molar-refractivity contribution in [2.75, 3.05) is 32.4 Å². The number of nitrogens with zero attached hydrogens (tertiary/aromatic N) is 2. The Morgan fingerprint density at radius 3 is 2.16 bits per heavy atom. The molecule has 10 heteroatoms. The minimum Gasteiger partial charge on any atom is -0.355 e.